The fourth-order valence-electron chi connectivity index (χ4n) is 1.97. The SMILES string of the molecule is C=NCS/C=N\CC(=N)N1CCc2ccccc21. The van der Waals surface area contributed by atoms with Gasteiger partial charge in [0, 0.05) is 12.2 Å². The van der Waals surface area contributed by atoms with Gasteiger partial charge >= 0.3 is 0 Å². The standard InChI is InChI=1S/C13H16N4S/c1-15-9-18-10-16-8-13(14)17-7-6-11-4-2-3-5-12(11)17/h2-5,10,14H,1,6-9H2/b14-13?,16-10-. The molecule has 94 valence electrons. The van der Waals surface area contributed by atoms with Crippen LogP contribution in [-0.4, -0.2) is 37.1 Å². The molecule has 0 saturated heterocycles. The number of amidine groups is 1. The molecule has 0 bridgehead atoms. The summed E-state index contributed by atoms with van der Waals surface area (Å²) < 4.78 is 0. The van der Waals surface area contributed by atoms with Gasteiger partial charge in [0.1, 0.15) is 5.84 Å². The number of hydrogen-bond acceptors (Lipinski definition) is 4. The van der Waals surface area contributed by atoms with E-state index in [9.17, 15) is 0 Å². The smallest absolute Gasteiger partial charge is 0.122 e. The van der Waals surface area contributed by atoms with Crippen molar-refractivity contribution < 1.29 is 0 Å². The van der Waals surface area contributed by atoms with Gasteiger partial charge in [0.2, 0.25) is 0 Å². The zero-order valence-electron chi connectivity index (χ0n) is 10.2. The van der Waals surface area contributed by atoms with Crippen LogP contribution in [0.4, 0.5) is 5.69 Å². The van der Waals surface area contributed by atoms with Gasteiger partial charge in [-0.2, -0.15) is 0 Å². The van der Waals surface area contributed by atoms with Gasteiger partial charge in [-0.25, -0.2) is 0 Å². The van der Waals surface area contributed by atoms with Gasteiger partial charge in [0.05, 0.1) is 18.0 Å². The normalized spacial score (nSPS) is 13.9. The summed E-state index contributed by atoms with van der Waals surface area (Å²) in [7, 11) is 0. The topological polar surface area (TPSA) is 51.8 Å². The second-order valence-electron chi connectivity index (χ2n) is 3.94. The number of rotatable bonds is 5. The Morgan fingerprint density at radius 3 is 3.17 bits per heavy atom. The van der Waals surface area contributed by atoms with Gasteiger partial charge in [-0.05, 0) is 24.8 Å². The van der Waals surface area contributed by atoms with Gasteiger partial charge in [-0.15, -0.1) is 0 Å². The molecule has 0 aromatic heterocycles. The lowest BCUT2D eigenvalue weighted by molar-refractivity contribution is 0.996. The van der Waals surface area contributed by atoms with Crippen molar-refractivity contribution in [2.45, 2.75) is 6.42 Å². The molecule has 0 atom stereocenters. The lowest BCUT2D eigenvalue weighted by Crippen LogP contribution is -2.30. The third kappa shape index (κ3) is 2.98. The number of hydrogen-bond donors (Lipinski definition) is 1. The van der Waals surface area contributed by atoms with Gasteiger partial charge in [0.15, 0.2) is 0 Å². The maximum absolute atomic E-state index is 8.06. The third-order valence-corrected chi connectivity index (χ3v) is 3.40. The Labute approximate surface area is 111 Å². The number of nitrogens with one attached hydrogen (secondary N) is 1. The third-order valence-electron chi connectivity index (χ3n) is 2.77. The van der Waals surface area contributed by atoms with E-state index in [2.05, 4.69) is 28.8 Å². The molecule has 5 heteroatoms. The largest absolute Gasteiger partial charge is 0.328 e. The first-order chi connectivity index (χ1) is 8.83. The summed E-state index contributed by atoms with van der Waals surface area (Å²) in [5.74, 6) is 1.16. The Balaban J connectivity index is 1.91. The van der Waals surface area contributed by atoms with E-state index in [4.69, 9.17) is 5.41 Å². The lowest BCUT2D eigenvalue weighted by Gasteiger charge is -2.18. The zero-order valence-corrected chi connectivity index (χ0v) is 11.0. The van der Waals surface area contributed by atoms with Gasteiger partial charge in [-0.3, -0.25) is 15.4 Å². The molecular formula is C13H16N4S. The van der Waals surface area contributed by atoms with Crippen molar-refractivity contribution in [3.63, 3.8) is 0 Å². The van der Waals surface area contributed by atoms with Crippen molar-refractivity contribution in [3.8, 4) is 0 Å². The van der Waals surface area contributed by atoms with E-state index < -0.39 is 0 Å². The highest BCUT2D eigenvalue weighted by molar-refractivity contribution is 8.12. The van der Waals surface area contributed by atoms with Crippen LogP contribution in [0.1, 0.15) is 5.56 Å². The lowest BCUT2D eigenvalue weighted by atomic mass is 10.2. The van der Waals surface area contributed by atoms with Gasteiger partial charge < -0.3 is 4.90 Å². The van der Waals surface area contributed by atoms with Crippen LogP contribution in [-0.2, 0) is 6.42 Å². The Morgan fingerprint density at radius 1 is 1.50 bits per heavy atom. The average molecular weight is 260 g/mol. The molecule has 18 heavy (non-hydrogen) atoms. The highest BCUT2D eigenvalue weighted by Gasteiger charge is 2.20. The summed E-state index contributed by atoms with van der Waals surface area (Å²) in [5.41, 5.74) is 4.21. The van der Waals surface area contributed by atoms with Gasteiger partial charge in [-0.1, -0.05) is 30.0 Å². The van der Waals surface area contributed by atoms with Gasteiger partial charge in [0.25, 0.3) is 0 Å². The summed E-state index contributed by atoms with van der Waals surface area (Å²) in [6.07, 6.45) is 1.01. The van der Waals surface area contributed by atoms with E-state index in [1.807, 2.05) is 17.0 Å². The van der Waals surface area contributed by atoms with E-state index in [0.717, 1.165) is 18.7 Å². The maximum atomic E-state index is 8.06. The van der Waals surface area contributed by atoms with Crippen molar-refractivity contribution in [2.24, 2.45) is 9.98 Å². The Morgan fingerprint density at radius 2 is 2.33 bits per heavy atom. The molecule has 2 rings (SSSR count). The second-order valence-corrected chi connectivity index (χ2v) is 4.74. The number of fused-ring (bicyclic) bond motifs is 1. The molecule has 0 amide bonds. The van der Waals surface area contributed by atoms with Crippen LogP contribution in [0.5, 0.6) is 0 Å². The molecule has 0 radical (unpaired) electrons. The Bertz CT molecular complexity index is 470. The second kappa shape index (κ2) is 6.35. The summed E-state index contributed by atoms with van der Waals surface area (Å²) >= 11 is 1.49. The van der Waals surface area contributed by atoms with Crippen LogP contribution >= 0.6 is 11.8 Å². The quantitative estimate of drug-likeness (QED) is 0.502. The van der Waals surface area contributed by atoms with Crippen LogP contribution in [0.2, 0.25) is 0 Å². The minimum absolute atomic E-state index is 0.415. The number of benzene rings is 1. The number of thioether (sulfide) groups is 1. The fraction of sp³-hybridized carbons (Fsp3) is 0.308. The molecule has 1 aliphatic heterocycles. The predicted molar refractivity (Wildman–Crippen MR) is 80.6 cm³/mol. The van der Waals surface area contributed by atoms with Crippen LogP contribution < -0.4 is 4.90 Å². The van der Waals surface area contributed by atoms with Crippen LogP contribution in [0, 0.1) is 5.41 Å². The van der Waals surface area contributed by atoms with E-state index >= 15 is 0 Å². The Kier molecular flexibility index (Phi) is 4.52. The molecule has 1 N–H and O–H groups in total. The molecule has 0 aliphatic carbocycles. The molecule has 0 saturated carbocycles. The number of nitrogens with zero attached hydrogens (tertiary/aromatic N) is 3. The van der Waals surface area contributed by atoms with Crippen molar-refractivity contribution in [3.05, 3.63) is 29.8 Å². The molecular weight excluding hydrogens is 244 g/mol. The molecule has 0 fully saturated rings. The predicted octanol–water partition coefficient (Wildman–Crippen LogP) is 2.45. The maximum Gasteiger partial charge on any atom is 0.122 e. The Hall–Kier alpha value is -1.62. The highest BCUT2D eigenvalue weighted by Crippen LogP contribution is 2.27. The summed E-state index contributed by atoms with van der Waals surface area (Å²) in [6.45, 7) is 4.70. The van der Waals surface area contributed by atoms with E-state index in [1.165, 1.54) is 17.3 Å². The summed E-state index contributed by atoms with van der Waals surface area (Å²) in [6, 6.07) is 8.25. The molecule has 1 aromatic carbocycles. The van der Waals surface area contributed by atoms with Crippen molar-refractivity contribution in [1.82, 2.24) is 0 Å². The summed E-state index contributed by atoms with van der Waals surface area (Å²) in [4.78, 5) is 9.96. The molecule has 0 spiro atoms. The molecule has 1 aromatic rings. The molecule has 1 aliphatic rings. The monoisotopic (exact) mass is 260 g/mol. The first-order valence-corrected chi connectivity index (χ1v) is 6.83. The van der Waals surface area contributed by atoms with Crippen LogP contribution in [0.15, 0.2) is 34.3 Å². The highest BCUT2D eigenvalue weighted by atomic mass is 32.2. The zero-order chi connectivity index (χ0) is 12.8. The van der Waals surface area contributed by atoms with Crippen LogP contribution in [0.3, 0.4) is 0 Å². The molecule has 4 nitrogen and oxygen atoms in total. The van der Waals surface area contributed by atoms with Crippen molar-refractivity contribution in [2.75, 3.05) is 23.9 Å². The van der Waals surface area contributed by atoms with E-state index in [0.29, 0.717) is 18.3 Å². The minimum Gasteiger partial charge on any atom is -0.328 e. The minimum atomic E-state index is 0.415. The first kappa shape index (κ1) is 12.8. The van der Waals surface area contributed by atoms with E-state index in [1.54, 1.807) is 5.55 Å². The molecule has 0 unspecified atom stereocenters. The van der Waals surface area contributed by atoms with Crippen molar-refractivity contribution in [1.29, 1.82) is 5.41 Å². The number of para-hydroxylation sites is 1. The first-order valence-electron chi connectivity index (χ1n) is 5.78. The number of anilines is 1. The van der Waals surface area contributed by atoms with E-state index in [-0.39, 0.29) is 0 Å². The summed E-state index contributed by atoms with van der Waals surface area (Å²) in [5, 5.41) is 8.06. The van der Waals surface area contributed by atoms with Crippen molar-refractivity contribution >= 4 is 35.5 Å². The average Bonchev–Trinajstić information content (AvgIpc) is 2.82. The van der Waals surface area contributed by atoms with Crippen LogP contribution in [0.25, 0.3) is 0 Å². The number of aliphatic imine (C=N–C) groups is 2. The fourth-order valence-corrected chi connectivity index (χ4v) is 2.32. The molecule has 1 heterocycles.